The molecule has 7 heteroatoms. The molecule has 0 radical (unpaired) electrons. The molecule has 1 saturated heterocycles. The van der Waals surface area contributed by atoms with Crippen LogP contribution in [0, 0.1) is 0 Å². The van der Waals surface area contributed by atoms with E-state index in [1.54, 1.807) is 27.8 Å². The first-order valence-electron chi connectivity index (χ1n) is 5.16. The molecule has 1 atom stereocenters. The summed E-state index contributed by atoms with van der Waals surface area (Å²) in [4.78, 5) is 22.6. The molecule has 1 aliphatic rings. The van der Waals surface area contributed by atoms with Crippen LogP contribution in [0.25, 0.3) is 0 Å². The quantitative estimate of drug-likeness (QED) is 0.444. The van der Waals surface area contributed by atoms with E-state index >= 15 is 0 Å². The molecular weight excluding hydrogens is 219 g/mol. The maximum Gasteiger partial charge on any atom is 1.00 e. The molecule has 0 aromatic heterocycles. The normalized spacial score (nSPS) is 20.9. The maximum atomic E-state index is 11.8. The number of amides is 1. The van der Waals surface area contributed by atoms with Crippen molar-refractivity contribution >= 4 is 12.1 Å². The Hall–Kier alpha value is -0.703. The van der Waals surface area contributed by atoms with Crippen LogP contribution in [-0.4, -0.2) is 47.3 Å². The van der Waals surface area contributed by atoms with Gasteiger partial charge in [0.05, 0.1) is 12.0 Å². The molecule has 6 nitrogen and oxygen atoms in total. The van der Waals surface area contributed by atoms with Crippen molar-refractivity contribution in [3.63, 3.8) is 0 Å². The second-order valence-electron chi connectivity index (χ2n) is 4.83. The third kappa shape index (κ3) is 4.23. The fourth-order valence-electron chi connectivity index (χ4n) is 1.57. The summed E-state index contributed by atoms with van der Waals surface area (Å²) in [6, 6.07) is -0.931. The summed E-state index contributed by atoms with van der Waals surface area (Å²) in [7, 11) is 1.65. The molecule has 1 amide bonds. The number of hydrogen-bond donors (Lipinski definition) is 0. The van der Waals surface area contributed by atoms with E-state index in [9.17, 15) is 14.7 Å². The topological polar surface area (TPSA) is 72.9 Å². The van der Waals surface area contributed by atoms with Gasteiger partial charge < -0.3 is 14.6 Å². The Bertz CT molecular complexity index is 303. The summed E-state index contributed by atoms with van der Waals surface area (Å²) in [6.45, 7) is 5.69. The van der Waals surface area contributed by atoms with Gasteiger partial charge in [0.15, 0.2) is 0 Å². The van der Waals surface area contributed by atoms with Crippen LogP contribution >= 0.6 is 0 Å². The average molecular weight is 236 g/mol. The van der Waals surface area contributed by atoms with Crippen molar-refractivity contribution in [2.75, 3.05) is 13.6 Å². The predicted molar refractivity (Wildman–Crippen MR) is 54.1 cm³/mol. The summed E-state index contributed by atoms with van der Waals surface area (Å²) in [5, 5.41) is 13.5. The molecule has 1 heterocycles. The molecule has 1 rings (SSSR count). The molecule has 92 valence electrons. The van der Waals surface area contributed by atoms with Crippen LogP contribution in [0.15, 0.2) is 0 Å². The van der Waals surface area contributed by atoms with Gasteiger partial charge in [0.25, 0.3) is 0 Å². The predicted octanol–water partition coefficient (Wildman–Crippen LogP) is -3.40. The van der Waals surface area contributed by atoms with E-state index in [0.717, 1.165) is 5.01 Å². The van der Waals surface area contributed by atoms with Crippen LogP contribution in [0.2, 0.25) is 0 Å². The minimum atomic E-state index is -1.25. The van der Waals surface area contributed by atoms with Crippen molar-refractivity contribution < 1.29 is 38.3 Å². The smallest absolute Gasteiger partial charge is 0.548 e. The Kier molecular flexibility index (Phi) is 5.52. The van der Waals surface area contributed by atoms with Crippen molar-refractivity contribution in [2.24, 2.45) is 0 Å². The second kappa shape index (κ2) is 5.76. The largest absolute Gasteiger partial charge is 1.00 e. The van der Waals surface area contributed by atoms with E-state index in [1.807, 2.05) is 0 Å². The van der Waals surface area contributed by atoms with Gasteiger partial charge >= 0.3 is 25.0 Å². The number of aliphatic carboxylic acids is 1. The molecule has 0 saturated carbocycles. The monoisotopic (exact) mass is 236 g/mol. The first-order chi connectivity index (χ1) is 7.22. The Morgan fingerprint density at radius 2 is 1.88 bits per heavy atom. The summed E-state index contributed by atoms with van der Waals surface area (Å²) in [5.41, 5.74) is -0.642. The van der Waals surface area contributed by atoms with Crippen molar-refractivity contribution in [3.8, 4) is 0 Å². The third-order valence-corrected chi connectivity index (χ3v) is 2.24. The third-order valence-electron chi connectivity index (χ3n) is 2.24. The van der Waals surface area contributed by atoms with Crippen molar-refractivity contribution in [2.45, 2.75) is 38.8 Å². The van der Waals surface area contributed by atoms with Gasteiger partial charge in [-0.25, -0.2) is 14.8 Å². The fraction of sp³-hybridized carbons (Fsp3) is 0.800. The number of carboxylic acids is 1. The van der Waals surface area contributed by atoms with Crippen LogP contribution in [0.1, 0.15) is 27.2 Å². The molecule has 0 unspecified atom stereocenters. The SMILES string of the molecule is CN1CC[C@@H](C(=O)[O-])N1C(=O)OC(C)(C)C.[Li+]. The standard InChI is InChI=1S/C10H18N2O4.Li/c1-10(2,3)16-9(15)12-7(8(13)14)5-6-11(12)4;/h7H,5-6H2,1-4H3,(H,13,14);/q;+1/p-1/t7-;/m0./s1. The molecule has 1 fully saturated rings. The number of carboxylic acid groups (broad SMARTS) is 1. The molecule has 17 heavy (non-hydrogen) atoms. The summed E-state index contributed by atoms with van der Waals surface area (Å²) >= 11 is 0. The number of hydrogen-bond acceptors (Lipinski definition) is 5. The van der Waals surface area contributed by atoms with Crippen molar-refractivity contribution in [1.82, 2.24) is 10.0 Å². The van der Waals surface area contributed by atoms with Crippen molar-refractivity contribution in [3.05, 3.63) is 0 Å². The van der Waals surface area contributed by atoms with Gasteiger partial charge in [-0.3, -0.25) is 0 Å². The average Bonchev–Trinajstić information content (AvgIpc) is 2.43. The molecule has 1 aliphatic heterocycles. The van der Waals surface area contributed by atoms with E-state index in [4.69, 9.17) is 4.74 Å². The molecule has 0 aromatic rings. The first kappa shape index (κ1) is 16.3. The maximum absolute atomic E-state index is 11.8. The molecule has 0 N–H and O–H groups in total. The van der Waals surface area contributed by atoms with Gasteiger partial charge in [0, 0.05) is 13.6 Å². The number of ether oxygens (including phenoxy) is 1. The number of nitrogens with zero attached hydrogens (tertiary/aromatic N) is 2. The summed E-state index contributed by atoms with van der Waals surface area (Å²) in [6.07, 6.45) is -0.292. The number of carbonyl (C=O) groups is 2. The molecule has 0 spiro atoms. The molecule has 0 aliphatic carbocycles. The zero-order valence-corrected chi connectivity index (χ0v) is 11.0. The van der Waals surface area contributed by atoms with Gasteiger partial charge in [-0.2, -0.15) is 0 Å². The van der Waals surface area contributed by atoms with Gasteiger partial charge in [0.2, 0.25) is 0 Å². The van der Waals surface area contributed by atoms with E-state index < -0.39 is 23.7 Å². The molecular formula is C10H17LiN2O4. The van der Waals surface area contributed by atoms with Gasteiger partial charge in [-0.05, 0) is 27.2 Å². The van der Waals surface area contributed by atoms with Gasteiger partial charge in [-0.15, -0.1) is 0 Å². The minimum Gasteiger partial charge on any atom is -0.548 e. The van der Waals surface area contributed by atoms with E-state index in [0.29, 0.717) is 13.0 Å². The van der Waals surface area contributed by atoms with E-state index in [1.165, 1.54) is 5.01 Å². The number of rotatable bonds is 1. The fourth-order valence-corrected chi connectivity index (χ4v) is 1.57. The number of hydrazine groups is 1. The van der Waals surface area contributed by atoms with Crippen LogP contribution in [0.4, 0.5) is 4.79 Å². The van der Waals surface area contributed by atoms with E-state index in [-0.39, 0.29) is 18.9 Å². The van der Waals surface area contributed by atoms with Gasteiger partial charge in [0.1, 0.15) is 5.60 Å². The van der Waals surface area contributed by atoms with Crippen LogP contribution in [0.3, 0.4) is 0 Å². The Balaban J connectivity index is 0.00000256. The second-order valence-corrected chi connectivity index (χ2v) is 4.83. The molecule has 0 aromatic carbocycles. The van der Waals surface area contributed by atoms with Gasteiger partial charge in [-0.1, -0.05) is 0 Å². The Labute approximate surface area is 113 Å². The Morgan fingerprint density at radius 3 is 2.29 bits per heavy atom. The zero-order chi connectivity index (χ0) is 12.5. The van der Waals surface area contributed by atoms with E-state index in [2.05, 4.69) is 0 Å². The summed E-state index contributed by atoms with van der Waals surface area (Å²) in [5.74, 6) is -1.25. The zero-order valence-electron chi connectivity index (χ0n) is 11.0. The number of carbonyl (C=O) groups excluding carboxylic acids is 2. The molecule has 0 bridgehead atoms. The summed E-state index contributed by atoms with van der Waals surface area (Å²) < 4.78 is 5.13. The van der Waals surface area contributed by atoms with Crippen LogP contribution < -0.4 is 24.0 Å². The Morgan fingerprint density at radius 1 is 1.35 bits per heavy atom. The minimum absolute atomic E-state index is 0. The first-order valence-corrected chi connectivity index (χ1v) is 5.16. The van der Waals surface area contributed by atoms with Crippen LogP contribution in [-0.2, 0) is 9.53 Å². The van der Waals surface area contributed by atoms with Crippen molar-refractivity contribution in [1.29, 1.82) is 0 Å². The van der Waals surface area contributed by atoms with Crippen LogP contribution in [0.5, 0.6) is 0 Å².